The van der Waals surface area contributed by atoms with Gasteiger partial charge in [0.1, 0.15) is 5.69 Å². The minimum Gasteiger partial charge on any atom is -0.367 e. The van der Waals surface area contributed by atoms with Gasteiger partial charge in [-0.2, -0.15) is 0 Å². The first-order chi connectivity index (χ1) is 10.0. The maximum atomic E-state index is 14.0. The molecule has 7 heteroatoms. The van der Waals surface area contributed by atoms with E-state index in [0.29, 0.717) is 13.1 Å². The second-order valence-electron chi connectivity index (χ2n) is 6.21. The first-order valence-electron chi connectivity index (χ1n) is 7.39. The average molecular weight is 312 g/mol. The molecule has 3 rings (SSSR count). The van der Waals surface area contributed by atoms with Gasteiger partial charge in [-0.05, 0) is 12.1 Å². The van der Waals surface area contributed by atoms with E-state index in [0.717, 1.165) is 24.2 Å². The lowest BCUT2D eigenvalue weighted by Gasteiger charge is -2.39. The van der Waals surface area contributed by atoms with Crippen LogP contribution in [0, 0.1) is 21.7 Å². The molecule has 0 saturated carbocycles. The summed E-state index contributed by atoms with van der Waals surface area (Å²) in [7, 11) is -1.15. The Labute approximate surface area is 122 Å². The molecule has 1 aromatic rings. The van der Waals surface area contributed by atoms with E-state index >= 15 is 0 Å². The van der Waals surface area contributed by atoms with E-state index in [4.69, 9.17) is 0 Å². The third-order valence-electron chi connectivity index (χ3n) is 5.02. The number of anilines is 1. The van der Waals surface area contributed by atoms with Gasteiger partial charge < -0.3 is 4.90 Å². The quantitative estimate of drug-likeness (QED) is 0.472. The van der Waals surface area contributed by atoms with Gasteiger partial charge in [-0.3, -0.25) is 10.1 Å². The molecule has 0 amide bonds. The van der Waals surface area contributed by atoms with Crippen molar-refractivity contribution in [2.45, 2.75) is 37.0 Å². The Morgan fingerprint density at radius 3 is 2.05 bits per heavy atom. The van der Waals surface area contributed by atoms with Crippen LogP contribution in [0.1, 0.15) is 12.8 Å². The predicted molar refractivity (Wildman–Crippen MR) is 79.4 cm³/mol. The van der Waals surface area contributed by atoms with Crippen LogP contribution in [-0.2, 0) is 0 Å². The Bertz CT molecular complexity index is 543. The van der Waals surface area contributed by atoms with Crippen molar-refractivity contribution in [1.29, 1.82) is 0 Å². The summed E-state index contributed by atoms with van der Waals surface area (Å²) in [5, 5.41) is 10.6. The number of benzene rings is 1. The highest BCUT2D eigenvalue weighted by Crippen LogP contribution is 2.41. The van der Waals surface area contributed by atoms with E-state index in [1.807, 2.05) is 0 Å². The lowest BCUT2D eigenvalue weighted by molar-refractivity contribution is -0.385. The van der Waals surface area contributed by atoms with Crippen LogP contribution < -0.4 is 4.90 Å². The molecule has 1 aromatic carbocycles. The second-order valence-corrected chi connectivity index (χ2v) is 11.2. The van der Waals surface area contributed by atoms with Gasteiger partial charge in [0.05, 0.1) is 25.1 Å². The number of rotatable bonds is 2. The van der Waals surface area contributed by atoms with Crippen molar-refractivity contribution in [2.75, 3.05) is 18.0 Å². The molecule has 0 aliphatic carbocycles. The van der Waals surface area contributed by atoms with Crippen molar-refractivity contribution in [3.8, 4) is 0 Å². The summed E-state index contributed by atoms with van der Waals surface area (Å²) in [6, 6.07) is 6.51. The minimum absolute atomic E-state index is 0.0950. The van der Waals surface area contributed by atoms with Crippen molar-refractivity contribution in [1.82, 2.24) is 0 Å². The van der Waals surface area contributed by atoms with Crippen molar-refractivity contribution >= 4 is 19.4 Å². The average Bonchev–Trinajstić information content (AvgIpc) is 2.88. The number of nitro benzene ring substituents is 1. The van der Waals surface area contributed by atoms with Crippen LogP contribution in [-0.4, -0.2) is 26.1 Å². The molecule has 0 atom stereocenters. The molecule has 0 unspecified atom stereocenters. The van der Waals surface area contributed by atoms with Gasteiger partial charge >= 0.3 is 0 Å². The monoisotopic (exact) mass is 312 g/mol. The fourth-order valence-electron chi connectivity index (χ4n) is 3.79. The fourth-order valence-corrected chi connectivity index (χ4v) is 8.78. The molecule has 4 nitrogen and oxygen atoms in total. The summed E-state index contributed by atoms with van der Waals surface area (Å²) in [4.78, 5) is 11.6. The van der Waals surface area contributed by atoms with Gasteiger partial charge in [0.25, 0.3) is 5.69 Å². The first kappa shape index (κ1) is 14.4. The summed E-state index contributed by atoms with van der Waals surface area (Å²) in [6.07, 6.45) is 2.62. The highest BCUT2D eigenvalue weighted by Gasteiger charge is 2.39. The van der Waals surface area contributed by atoms with Crippen LogP contribution in [0.15, 0.2) is 12.1 Å². The molecule has 0 radical (unpaired) electrons. The second kappa shape index (κ2) is 5.36. The van der Waals surface area contributed by atoms with Crippen molar-refractivity contribution in [2.24, 2.45) is 0 Å². The molecular weight excluding hydrogens is 294 g/mol. The van der Waals surface area contributed by atoms with Gasteiger partial charge in [0.15, 0.2) is 11.6 Å². The highest BCUT2D eigenvalue weighted by molar-refractivity contribution is 6.80. The van der Waals surface area contributed by atoms with Gasteiger partial charge in [0, 0.05) is 13.1 Å². The Morgan fingerprint density at radius 2 is 1.57 bits per heavy atom. The molecule has 2 fully saturated rings. The minimum atomic E-state index is -1.15. The lowest BCUT2D eigenvalue weighted by Crippen LogP contribution is -2.45. The predicted octanol–water partition coefficient (Wildman–Crippen LogP) is 3.94. The summed E-state index contributed by atoms with van der Waals surface area (Å²) >= 11 is 0. The van der Waals surface area contributed by atoms with E-state index in [2.05, 4.69) is 0 Å². The Morgan fingerprint density at radius 1 is 1.05 bits per heavy atom. The molecule has 0 bridgehead atoms. The van der Waals surface area contributed by atoms with E-state index in [-0.39, 0.29) is 5.69 Å². The third-order valence-corrected chi connectivity index (χ3v) is 10.4. The third kappa shape index (κ3) is 2.66. The zero-order valence-electron chi connectivity index (χ0n) is 11.8. The summed E-state index contributed by atoms with van der Waals surface area (Å²) in [5.41, 5.74) is -0.630. The van der Waals surface area contributed by atoms with Crippen molar-refractivity contribution in [3.05, 3.63) is 33.9 Å². The molecular formula is C14H18F2N2O2Si. The van der Waals surface area contributed by atoms with E-state index in [1.165, 1.54) is 24.9 Å². The number of non-ortho nitro benzene ring substituents is 1. The Hall–Kier alpha value is -1.50. The molecule has 2 heterocycles. The van der Waals surface area contributed by atoms with E-state index in [1.54, 1.807) is 4.90 Å². The molecule has 2 aliphatic heterocycles. The zero-order valence-corrected chi connectivity index (χ0v) is 12.8. The molecule has 0 N–H and O–H groups in total. The number of nitro groups is 1. The van der Waals surface area contributed by atoms with Crippen molar-refractivity contribution in [3.63, 3.8) is 0 Å². The maximum Gasteiger partial charge on any atom is 0.275 e. The SMILES string of the molecule is O=[N+]([O-])c1cc(F)c(N2CC[Si]3(CCCC3)CC2)c(F)c1. The van der Waals surface area contributed by atoms with E-state index < -0.39 is 30.3 Å². The smallest absolute Gasteiger partial charge is 0.275 e. The fraction of sp³-hybridized carbons (Fsp3) is 0.571. The van der Waals surface area contributed by atoms with Gasteiger partial charge in [-0.15, -0.1) is 0 Å². The van der Waals surface area contributed by atoms with Crippen molar-refractivity contribution < 1.29 is 13.7 Å². The number of nitrogens with zero attached hydrogens (tertiary/aromatic N) is 2. The summed E-state index contributed by atoms with van der Waals surface area (Å²) in [5.74, 6) is -1.66. The number of hydrogen-bond donors (Lipinski definition) is 0. The number of halogens is 2. The van der Waals surface area contributed by atoms with Crippen LogP contribution in [0.2, 0.25) is 24.2 Å². The normalized spacial score (nSPS) is 21.0. The maximum absolute atomic E-state index is 14.0. The van der Waals surface area contributed by atoms with Crippen LogP contribution in [0.3, 0.4) is 0 Å². The largest absolute Gasteiger partial charge is 0.367 e. The Balaban J connectivity index is 1.80. The van der Waals surface area contributed by atoms with E-state index in [9.17, 15) is 18.9 Å². The van der Waals surface area contributed by atoms with Crippen LogP contribution in [0.5, 0.6) is 0 Å². The summed E-state index contributed by atoms with van der Waals surface area (Å²) < 4.78 is 28.1. The van der Waals surface area contributed by atoms with Gasteiger partial charge in [-0.25, -0.2) is 8.78 Å². The molecule has 114 valence electrons. The molecule has 21 heavy (non-hydrogen) atoms. The van der Waals surface area contributed by atoms with Gasteiger partial charge in [0.2, 0.25) is 0 Å². The first-order valence-corrected chi connectivity index (χ1v) is 10.2. The summed E-state index contributed by atoms with van der Waals surface area (Å²) in [6.45, 7) is 1.36. The number of hydrogen-bond acceptors (Lipinski definition) is 3. The molecule has 1 spiro atoms. The molecule has 0 aromatic heterocycles. The topological polar surface area (TPSA) is 46.4 Å². The Kier molecular flexibility index (Phi) is 3.69. The standard InChI is InChI=1S/C14H18F2N2O2Si/c15-12-9-11(18(19)20)10-13(16)14(12)17-3-7-21(8-4-17)5-1-2-6-21/h9-10H,1-8H2. The van der Waals surface area contributed by atoms with Crippen LogP contribution in [0.25, 0.3) is 0 Å². The zero-order chi connectivity index (χ0) is 15.0. The van der Waals surface area contributed by atoms with Crippen LogP contribution in [0.4, 0.5) is 20.2 Å². The lowest BCUT2D eigenvalue weighted by atomic mass is 10.2. The van der Waals surface area contributed by atoms with Gasteiger partial charge in [-0.1, -0.05) is 24.9 Å². The van der Waals surface area contributed by atoms with Crippen LogP contribution >= 0.6 is 0 Å². The molecule has 2 aliphatic rings. The molecule has 2 saturated heterocycles. The highest BCUT2D eigenvalue weighted by atomic mass is 28.3.